The summed E-state index contributed by atoms with van der Waals surface area (Å²) in [5.41, 5.74) is 1.39. The Kier molecular flexibility index (Phi) is 7.03. The number of aryl methyl sites for hydroxylation is 1. The number of carbonyl (C=O) groups excluding carboxylic acids is 1. The first-order valence-corrected chi connectivity index (χ1v) is 7.70. The van der Waals surface area contributed by atoms with Crippen LogP contribution in [0.15, 0.2) is 4.79 Å². The van der Waals surface area contributed by atoms with Gasteiger partial charge in [0.1, 0.15) is 5.56 Å². The molecule has 22 heavy (non-hydrogen) atoms. The Morgan fingerprint density at radius 2 is 2.09 bits per heavy atom. The summed E-state index contributed by atoms with van der Waals surface area (Å²) in [6, 6.07) is 0.112. The molecule has 0 bridgehead atoms. The summed E-state index contributed by atoms with van der Waals surface area (Å²) in [5.74, 6) is 0.0864. The highest BCUT2D eigenvalue weighted by atomic mass is 35.5. The second-order valence-corrected chi connectivity index (χ2v) is 5.61. The fraction of sp³-hybridized carbons (Fsp3) is 0.667. The summed E-state index contributed by atoms with van der Waals surface area (Å²) < 4.78 is 0. The van der Waals surface area contributed by atoms with Crippen molar-refractivity contribution >= 4 is 18.3 Å². The average molecular weight is 329 g/mol. The maximum atomic E-state index is 12.5. The SMILES string of the molecule is CCc1n[nH]c(=O)c(C(=O)NC2CCNCC2C)c1CC.Cl. The van der Waals surface area contributed by atoms with Gasteiger partial charge in [0.2, 0.25) is 0 Å². The first kappa shape index (κ1) is 18.6. The van der Waals surface area contributed by atoms with Crippen LogP contribution < -0.4 is 16.2 Å². The third kappa shape index (κ3) is 3.87. The number of piperidine rings is 1. The van der Waals surface area contributed by atoms with E-state index in [1.807, 2.05) is 13.8 Å². The highest BCUT2D eigenvalue weighted by Gasteiger charge is 2.26. The van der Waals surface area contributed by atoms with Crippen LogP contribution >= 0.6 is 12.4 Å². The van der Waals surface area contributed by atoms with Gasteiger partial charge >= 0.3 is 0 Å². The number of aromatic amines is 1. The minimum absolute atomic E-state index is 0. The zero-order valence-corrected chi connectivity index (χ0v) is 14.2. The number of carbonyl (C=O) groups is 1. The van der Waals surface area contributed by atoms with Crippen molar-refractivity contribution in [3.05, 3.63) is 27.2 Å². The second kappa shape index (κ2) is 8.29. The van der Waals surface area contributed by atoms with Gasteiger partial charge in [-0.15, -0.1) is 12.4 Å². The van der Waals surface area contributed by atoms with Crippen LogP contribution in [0.1, 0.15) is 48.8 Å². The lowest BCUT2D eigenvalue weighted by molar-refractivity contribution is 0.0911. The number of amides is 1. The summed E-state index contributed by atoms with van der Waals surface area (Å²) in [7, 11) is 0. The molecular weight excluding hydrogens is 304 g/mol. The maximum Gasteiger partial charge on any atom is 0.277 e. The smallest absolute Gasteiger partial charge is 0.277 e. The van der Waals surface area contributed by atoms with Crippen LogP contribution in [-0.4, -0.2) is 35.2 Å². The molecule has 0 aromatic carbocycles. The lowest BCUT2D eigenvalue weighted by atomic mass is 9.94. The molecule has 124 valence electrons. The highest BCUT2D eigenvalue weighted by Crippen LogP contribution is 2.14. The normalized spacial score (nSPS) is 21.0. The van der Waals surface area contributed by atoms with Crippen molar-refractivity contribution in [2.45, 2.75) is 46.1 Å². The molecule has 0 spiro atoms. The molecule has 0 radical (unpaired) electrons. The maximum absolute atomic E-state index is 12.5. The van der Waals surface area contributed by atoms with E-state index in [0.29, 0.717) is 18.8 Å². The molecule has 2 rings (SSSR count). The summed E-state index contributed by atoms with van der Waals surface area (Å²) in [5, 5.41) is 12.8. The molecule has 6 nitrogen and oxygen atoms in total. The van der Waals surface area contributed by atoms with Crippen LogP contribution in [-0.2, 0) is 12.8 Å². The van der Waals surface area contributed by atoms with Crippen LogP contribution in [0.3, 0.4) is 0 Å². The molecule has 7 heteroatoms. The number of hydrogen-bond acceptors (Lipinski definition) is 4. The van der Waals surface area contributed by atoms with E-state index in [4.69, 9.17) is 0 Å². The van der Waals surface area contributed by atoms with E-state index in [1.165, 1.54) is 0 Å². The molecule has 2 unspecified atom stereocenters. The van der Waals surface area contributed by atoms with E-state index in [1.54, 1.807) is 0 Å². The van der Waals surface area contributed by atoms with Gasteiger partial charge in [-0.3, -0.25) is 9.59 Å². The molecule has 1 aliphatic heterocycles. The lowest BCUT2D eigenvalue weighted by Gasteiger charge is -2.30. The number of aromatic nitrogens is 2. The molecule has 1 aromatic rings. The standard InChI is InChI=1S/C15H24N4O2.ClH/c1-4-10-11(5-2)18-19-15(21)13(10)14(20)17-12-6-7-16-8-9(12)3;/h9,12,16H,4-8H2,1-3H3,(H,17,20)(H,19,21);1H. The van der Waals surface area contributed by atoms with E-state index < -0.39 is 5.56 Å². The highest BCUT2D eigenvalue weighted by molar-refractivity contribution is 5.95. The largest absolute Gasteiger partial charge is 0.349 e. The zero-order chi connectivity index (χ0) is 15.4. The summed E-state index contributed by atoms with van der Waals surface area (Å²) in [6.45, 7) is 7.79. The summed E-state index contributed by atoms with van der Waals surface area (Å²) >= 11 is 0. The van der Waals surface area contributed by atoms with Crippen molar-refractivity contribution < 1.29 is 4.79 Å². The molecule has 1 fully saturated rings. The van der Waals surface area contributed by atoms with Crippen LogP contribution in [0.25, 0.3) is 0 Å². The van der Waals surface area contributed by atoms with E-state index in [0.717, 1.165) is 30.8 Å². The van der Waals surface area contributed by atoms with E-state index in [9.17, 15) is 9.59 Å². The van der Waals surface area contributed by atoms with Crippen molar-refractivity contribution in [3.8, 4) is 0 Å². The average Bonchev–Trinajstić information content (AvgIpc) is 2.48. The molecule has 2 heterocycles. The Balaban J connectivity index is 0.00000242. The van der Waals surface area contributed by atoms with Gasteiger partial charge in [0.05, 0.1) is 5.69 Å². The van der Waals surface area contributed by atoms with E-state index in [2.05, 4.69) is 27.8 Å². The topological polar surface area (TPSA) is 86.9 Å². The number of H-pyrrole nitrogens is 1. The van der Waals surface area contributed by atoms with Crippen molar-refractivity contribution in [2.24, 2.45) is 5.92 Å². The third-order valence-electron chi connectivity index (χ3n) is 4.19. The quantitative estimate of drug-likeness (QED) is 0.771. The van der Waals surface area contributed by atoms with Crippen molar-refractivity contribution in [1.82, 2.24) is 20.8 Å². The third-order valence-corrected chi connectivity index (χ3v) is 4.19. The number of halogens is 1. The number of nitrogens with zero attached hydrogens (tertiary/aromatic N) is 1. The Morgan fingerprint density at radius 3 is 2.68 bits per heavy atom. The Morgan fingerprint density at radius 1 is 1.36 bits per heavy atom. The van der Waals surface area contributed by atoms with E-state index >= 15 is 0 Å². The van der Waals surface area contributed by atoms with Gasteiger partial charge in [-0.1, -0.05) is 20.8 Å². The Hall–Kier alpha value is -1.40. The minimum Gasteiger partial charge on any atom is -0.349 e. The second-order valence-electron chi connectivity index (χ2n) is 5.61. The van der Waals surface area contributed by atoms with Crippen LogP contribution in [0.2, 0.25) is 0 Å². The molecule has 0 saturated carbocycles. The molecule has 1 amide bonds. The molecule has 1 aromatic heterocycles. The predicted octanol–water partition coefficient (Wildman–Crippen LogP) is 1.04. The molecule has 1 saturated heterocycles. The van der Waals surface area contributed by atoms with Crippen molar-refractivity contribution in [3.63, 3.8) is 0 Å². The molecule has 3 N–H and O–H groups in total. The van der Waals surface area contributed by atoms with Gasteiger partial charge in [0.25, 0.3) is 11.5 Å². The van der Waals surface area contributed by atoms with Crippen molar-refractivity contribution in [1.29, 1.82) is 0 Å². The summed E-state index contributed by atoms with van der Waals surface area (Å²) in [4.78, 5) is 24.6. The van der Waals surface area contributed by atoms with Gasteiger partial charge in [0, 0.05) is 6.04 Å². The van der Waals surface area contributed by atoms with Gasteiger partial charge < -0.3 is 10.6 Å². The number of rotatable bonds is 4. The van der Waals surface area contributed by atoms with Crippen molar-refractivity contribution in [2.75, 3.05) is 13.1 Å². The Labute approximate surface area is 136 Å². The fourth-order valence-corrected chi connectivity index (χ4v) is 2.91. The summed E-state index contributed by atoms with van der Waals surface area (Å²) in [6.07, 6.45) is 2.21. The molecular formula is C15H25ClN4O2. The monoisotopic (exact) mass is 328 g/mol. The van der Waals surface area contributed by atoms with Gasteiger partial charge in [-0.25, -0.2) is 5.10 Å². The molecule has 1 aliphatic rings. The first-order valence-electron chi connectivity index (χ1n) is 7.70. The molecule has 0 aliphatic carbocycles. The van der Waals surface area contributed by atoms with E-state index in [-0.39, 0.29) is 29.9 Å². The Bertz CT molecular complexity index is 573. The first-order chi connectivity index (χ1) is 10.1. The molecule has 2 atom stereocenters. The number of hydrogen-bond donors (Lipinski definition) is 3. The van der Waals surface area contributed by atoms with Crippen LogP contribution in [0.4, 0.5) is 0 Å². The minimum atomic E-state index is -0.400. The fourth-order valence-electron chi connectivity index (χ4n) is 2.91. The van der Waals surface area contributed by atoms with Crippen LogP contribution in [0.5, 0.6) is 0 Å². The number of nitrogens with one attached hydrogen (secondary N) is 3. The lowest BCUT2D eigenvalue weighted by Crippen LogP contribution is -2.49. The van der Waals surface area contributed by atoms with Gasteiger partial charge in [-0.05, 0) is 43.8 Å². The predicted molar refractivity (Wildman–Crippen MR) is 88.8 cm³/mol. The zero-order valence-electron chi connectivity index (χ0n) is 13.4. The van der Waals surface area contributed by atoms with Crippen LogP contribution in [0, 0.1) is 5.92 Å². The van der Waals surface area contributed by atoms with Gasteiger partial charge in [-0.2, -0.15) is 5.10 Å². The van der Waals surface area contributed by atoms with Gasteiger partial charge in [0.15, 0.2) is 0 Å².